The van der Waals surface area contributed by atoms with Crippen molar-refractivity contribution in [2.75, 3.05) is 32.1 Å². The highest BCUT2D eigenvalue weighted by Gasteiger charge is 2.31. The number of sulfonamides is 1. The van der Waals surface area contributed by atoms with E-state index in [0.29, 0.717) is 30.0 Å². The number of aldehydes is 1. The van der Waals surface area contributed by atoms with E-state index in [9.17, 15) is 22.0 Å². The van der Waals surface area contributed by atoms with Crippen LogP contribution in [0.4, 0.5) is 14.5 Å². The molecule has 1 heterocycles. The number of piperidine rings is 1. The van der Waals surface area contributed by atoms with Gasteiger partial charge in [0.2, 0.25) is 10.0 Å². The molecular weight excluding hydrogens is 530 g/mol. The van der Waals surface area contributed by atoms with Crippen LogP contribution >= 0.6 is 27.5 Å². The molecule has 0 atom stereocenters. The van der Waals surface area contributed by atoms with E-state index >= 15 is 0 Å². The molecule has 3 rings (SSSR count). The van der Waals surface area contributed by atoms with Crippen molar-refractivity contribution in [3.05, 3.63) is 57.0 Å². The number of halogens is 4. The summed E-state index contributed by atoms with van der Waals surface area (Å²) in [5, 5.41) is 11.7. The predicted molar refractivity (Wildman–Crippen MR) is 124 cm³/mol. The number of carbonyl (C=O) groups excluding carboxylic acids is 1. The van der Waals surface area contributed by atoms with Gasteiger partial charge in [0.05, 0.1) is 9.50 Å². The third-order valence-electron chi connectivity index (χ3n) is 5.12. The van der Waals surface area contributed by atoms with Gasteiger partial charge in [0.25, 0.3) is 0 Å². The molecule has 0 unspecified atom stereocenters. The zero-order valence-electron chi connectivity index (χ0n) is 17.3. The Morgan fingerprint density at radius 2 is 1.88 bits per heavy atom. The van der Waals surface area contributed by atoms with Gasteiger partial charge < -0.3 is 10.4 Å². The number of anilines is 1. The zero-order chi connectivity index (χ0) is 23.9. The van der Waals surface area contributed by atoms with Crippen LogP contribution in [0.3, 0.4) is 0 Å². The Hall–Kier alpha value is -1.59. The summed E-state index contributed by atoms with van der Waals surface area (Å²) in [7, 11) is -2.21. The summed E-state index contributed by atoms with van der Waals surface area (Å²) in [5.41, 5.74) is 0.838. The molecule has 2 aromatic carbocycles. The van der Waals surface area contributed by atoms with Crippen molar-refractivity contribution < 1.29 is 27.1 Å². The van der Waals surface area contributed by atoms with Crippen LogP contribution in [-0.2, 0) is 10.0 Å². The molecule has 176 valence electrons. The number of carbonyl (C=O) groups is 1. The minimum atomic E-state index is -4.00. The van der Waals surface area contributed by atoms with Crippen molar-refractivity contribution in [3.63, 3.8) is 0 Å². The zero-order valence-corrected chi connectivity index (χ0v) is 20.5. The van der Waals surface area contributed by atoms with Crippen LogP contribution in [0.2, 0.25) is 5.02 Å². The van der Waals surface area contributed by atoms with Crippen LogP contribution in [0.5, 0.6) is 0 Å². The highest BCUT2D eigenvalue weighted by atomic mass is 79.9. The van der Waals surface area contributed by atoms with Gasteiger partial charge in [-0.1, -0.05) is 11.6 Å². The van der Waals surface area contributed by atoms with Crippen LogP contribution in [0, 0.1) is 17.6 Å². The number of benzene rings is 2. The van der Waals surface area contributed by atoms with Gasteiger partial charge in [-0.3, -0.25) is 4.79 Å². The van der Waals surface area contributed by atoms with Crippen molar-refractivity contribution in [2.45, 2.75) is 24.2 Å². The largest absolute Gasteiger partial charge is 0.396 e. The van der Waals surface area contributed by atoms with E-state index in [2.05, 4.69) is 21.2 Å². The number of aliphatic hydroxyl groups is 1. The molecule has 0 bridgehead atoms. The van der Waals surface area contributed by atoms with Crippen molar-refractivity contribution in [3.8, 4) is 0 Å². The van der Waals surface area contributed by atoms with Crippen LogP contribution in [0.1, 0.15) is 29.6 Å². The average Bonchev–Trinajstić information content (AvgIpc) is 2.76. The van der Waals surface area contributed by atoms with Gasteiger partial charge in [0.15, 0.2) is 6.29 Å². The van der Waals surface area contributed by atoms with E-state index in [-0.39, 0.29) is 42.0 Å². The molecule has 2 aromatic rings. The molecule has 1 aliphatic heterocycles. The van der Waals surface area contributed by atoms with Crippen LogP contribution in [0.15, 0.2) is 39.7 Å². The first kappa shape index (κ1) is 26.7. The Balaban J connectivity index is 0.000000303. The molecule has 0 aromatic heterocycles. The third-order valence-corrected chi connectivity index (χ3v) is 7.96. The fraction of sp³-hybridized carbons (Fsp3) is 0.381. The quantitative estimate of drug-likeness (QED) is 0.506. The molecule has 6 nitrogen and oxygen atoms in total. The molecule has 0 spiro atoms. The second kappa shape index (κ2) is 12.0. The van der Waals surface area contributed by atoms with Crippen LogP contribution in [-0.4, -0.2) is 50.9 Å². The molecule has 0 amide bonds. The second-order valence-corrected chi connectivity index (χ2v) is 10.3. The summed E-state index contributed by atoms with van der Waals surface area (Å²) in [6, 6.07) is 6.60. The summed E-state index contributed by atoms with van der Waals surface area (Å²) < 4.78 is 53.3. The number of nitrogens with zero attached hydrogens (tertiary/aromatic N) is 1. The summed E-state index contributed by atoms with van der Waals surface area (Å²) in [4.78, 5) is 10.3. The first-order valence-electron chi connectivity index (χ1n) is 9.82. The van der Waals surface area contributed by atoms with Crippen molar-refractivity contribution in [1.82, 2.24) is 4.31 Å². The van der Waals surface area contributed by atoms with Crippen molar-refractivity contribution in [2.24, 2.45) is 5.92 Å². The van der Waals surface area contributed by atoms with Gasteiger partial charge in [0.1, 0.15) is 16.5 Å². The Kier molecular flexibility index (Phi) is 10.0. The maximum Gasteiger partial charge on any atom is 0.246 e. The molecule has 1 aliphatic rings. The van der Waals surface area contributed by atoms with Crippen LogP contribution < -0.4 is 5.32 Å². The Bertz CT molecular complexity index is 1050. The number of aliphatic hydroxyl groups excluding tert-OH is 1. The normalized spacial score (nSPS) is 15.1. The summed E-state index contributed by atoms with van der Waals surface area (Å²) >= 11 is 8.76. The monoisotopic (exact) mass is 552 g/mol. The molecular formula is C21H24BrClF2N2O4S. The van der Waals surface area contributed by atoms with Crippen molar-refractivity contribution in [1.29, 1.82) is 0 Å². The maximum atomic E-state index is 14.0. The molecule has 0 radical (unpaired) electrons. The molecule has 1 saturated heterocycles. The third kappa shape index (κ3) is 6.71. The Labute approximate surface area is 199 Å². The van der Waals surface area contributed by atoms with Crippen molar-refractivity contribution >= 4 is 49.5 Å². The van der Waals surface area contributed by atoms with E-state index in [4.69, 9.17) is 16.7 Å². The van der Waals surface area contributed by atoms with Gasteiger partial charge in [-0.15, -0.1) is 0 Å². The van der Waals surface area contributed by atoms with E-state index < -0.39 is 20.7 Å². The lowest BCUT2D eigenvalue weighted by Crippen LogP contribution is -2.39. The standard InChI is InChI=1S/C14H17ClFNO4S.C7H7BrFN/c15-12-8-13(16)14(7-11(12)9-19)22(20,21)17-4-1-10(2-5-17)3-6-18;1-10-5-2-3-7(9)6(8)4-5/h7-10,18H,1-6H2;2-4,10H,1H3. The van der Waals surface area contributed by atoms with Gasteiger partial charge in [-0.25, -0.2) is 17.2 Å². The number of hydrogen-bond donors (Lipinski definition) is 2. The van der Waals surface area contributed by atoms with E-state index in [1.165, 1.54) is 10.4 Å². The summed E-state index contributed by atoms with van der Waals surface area (Å²) in [6.07, 6.45) is 2.28. The van der Waals surface area contributed by atoms with Gasteiger partial charge in [0, 0.05) is 38.0 Å². The second-order valence-electron chi connectivity index (χ2n) is 7.16. The molecule has 0 aliphatic carbocycles. The lowest BCUT2D eigenvalue weighted by atomic mass is 9.95. The topological polar surface area (TPSA) is 86.7 Å². The highest BCUT2D eigenvalue weighted by Crippen LogP contribution is 2.29. The SMILES string of the molecule is CNc1ccc(F)c(Br)c1.O=Cc1cc(S(=O)(=O)N2CCC(CCO)CC2)c(F)cc1Cl. The average molecular weight is 554 g/mol. The molecule has 1 fully saturated rings. The van der Waals surface area contributed by atoms with Gasteiger partial charge in [-0.2, -0.15) is 4.31 Å². The fourth-order valence-corrected chi connectivity index (χ4v) is 5.37. The lowest BCUT2D eigenvalue weighted by molar-refractivity contribution is 0.112. The molecule has 2 N–H and O–H groups in total. The number of hydrogen-bond acceptors (Lipinski definition) is 5. The Morgan fingerprint density at radius 3 is 2.41 bits per heavy atom. The first-order valence-corrected chi connectivity index (χ1v) is 12.4. The highest BCUT2D eigenvalue weighted by molar-refractivity contribution is 9.10. The first-order chi connectivity index (χ1) is 15.1. The van der Waals surface area contributed by atoms with Crippen LogP contribution in [0.25, 0.3) is 0 Å². The lowest BCUT2D eigenvalue weighted by Gasteiger charge is -2.31. The predicted octanol–water partition coefficient (Wildman–Crippen LogP) is 4.70. The van der Waals surface area contributed by atoms with Gasteiger partial charge >= 0.3 is 0 Å². The van der Waals surface area contributed by atoms with E-state index in [1.807, 2.05) is 0 Å². The molecule has 11 heteroatoms. The minimum Gasteiger partial charge on any atom is -0.396 e. The smallest absolute Gasteiger partial charge is 0.246 e. The minimum absolute atomic E-state index is 0.0585. The van der Waals surface area contributed by atoms with E-state index in [1.54, 1.807) is 19.2 Å². The summed E-state index contributed by atoms with van der Waals surface area (Å²) in [5.74, 6) is -0.927. The molecule has 0 saturated carbocycles. The molecule has 32 heavy (non-hydrogen) atoms. The fourth-order valence-electron chi connectivity index (χ4n) is 3.24. The number of rotatable bonds is 6. The van der Waals surface area contributed by atoms with Gasteiger partial charge in [-0.05, 0) is 71.4 Å². The van der Waals surface area contributed by atoms with E-state index in [0.717, 1.165) is 17.8 Å². The Morgan fingerprint density at radius 1 is 1.22 bits per heavy atom. The number of nitrogens with one attached hydrogen (secondary N) is 1. The summed E-state index contributed by atoms with van der Waals surface area (Å²) in [6.45, 7) is 0.614. The maximum absolute atomic E-state index is 14.0.